The molecule has 0 spiro atoms. The number of halogens is 1. The van der Waals surface area contributed by atoms with Crippen molar-refractivity contribution in [2.45, 2.75) is 70.9 Å². The van der Waals surface area contributed by atoms with E-state index in [1.54, 1.807) is 7.11 Å². The van der Waals surface area contributed by atoms with E-state index in [1.807, 2.05) is 35.2 Å². The van der Waals surface area contributed by atoms with Gasteiger partial charge in [0.1, 0.15) is 5.75 Å². The molecule has 2 aromatic carbocycles. The van der Waals surface area contributed by atoms with Gasteiger partial charge >= 0.3 is 0 Å². The van der Waals surface area contributed by atoms with Gasteiger partial charge in [-0.05, 0) is 80.8 Å². The largest absolute Gasteiger partial charge is 0.496 e. The number of ether oxygens (including phenoxy) is 1. The first kappa shape index (κ1) is 29.6. The number of amides is 2. The fourth-order valence-corrected chi connectivity index (χ4v) is 6.29. The van der Waals surface area contributed by atoms with Gasteiger partial charge in [0.2, 0.25) is 12.3 Å². The number of carbonyl (C=O) groups is 2. The third-order valence-corrected chi connectivity index (χ3v) is 9.33. The number of benzene rings is 2. The predicted octanol–water partition coefficient (Wildman–Crippen LogP) is 6.35. The van der Waals surface area contributed by atoms with Gasteiger partial charge < -0.3 is 19.9 Å². The maximum atomic E-state index is 13.1. The molecule has 2 amide bonds. The third-order valence-electron chi connectivity index (χ3n) is 8.80. The summed E-state index contributed by atoms with van der Waals surface area (Å²) < 4.78 is 6.70. The highest BCUT2D eigenvalue weighted by atomic mass is 79.9. The summed E-state index contributed by atoms with van der Waals surface area (Å²) in [6.45, 7) is 6.81. The van der Waals surface area contributed by atoms with Crippen LogP contribution in [0.5, 0.6) is 5.75 Å². The van der Waals surface area contributed by atoms with Crippen molar-refractivity contribution in [3.05, 3.63) is 64.1 Å². The molecule has 212 valence electrons. The Bertz CT molecular complexity index is 1060. The van der Waals surface area contributed by atoms with Crippen LogP contribution in [0.25, 0.3) is 0 Å². The number of nitrogens with zero attached hydrogens (tertiary/aromatic N) is 2. The number of rotatable bonds is 13. The molecule has 1 unspecified atom stereocenters. The van der Waals surface area contributed by atoms with Crippen molar-refractivity contribution < 1.29 is 14.3 Å². The SMILES string of the molecule is COc1ccccc1C(CCN1CCC(C)(CCN(C=O)Cc2ccc(Br)cc2)CC1)NC(=O)C1CCCC1. The average Bonchev–Trinajstić information content (AvgIpc) is 3.51. The molecule has 6 nitrogen and oxygen atoms in total. The van der Waals surface area contributed by atoms with Crippen LogP contribution in [0.2, 0.25) is 0 Å². The lowest BCUT2D eigenvalue weighted by Gasteiger charge is -2.40. The van der Waals surface area contributed by atoms with E-state index < -0.39 is 0 Å². The zero-order valence-corrected chi connectivity index (χ0v) is 25.1. The number of hydrogen-bond donors (Lipinski definition) is 1. The van der Waals surface area contributed by atoms with Gasteiger partial charge in [-0.15, -0.1) is 0 Å². The molecule has 1 saturated heterocycles. The number of nitrogens with one attached hydrogen (secondary N) is 1. The minimum absolute atomic E-state index is 0.0534. The summed E-state index contributed by atoms with van der Waals surface area (Å²) in [6, 6.07) is 16.2. The first-order chi connectivity index (χ1) is 18.9. The van der Waals surface area contributed by atoms with Gasteiger partial charge in [0, 0.05) is 35.6 Å². The molecule has 2 aliphatic rings. The molecule has 4 rings (SSSR count). The van der Waals surface area contributed by atoms with E-state index in [4.69, 9.17) is 4.74 Å². The molecule has 7 heteroatoms. The monoisotopic (exact) mass is 597 g/mol. The molecule has 1 N–H and O–H groups in total. The molecule has 39 heavy (non-hydrogen) atoms. The molecule has 1 saturated carbocycles. The fraction of sp³-hybridized carbons (Fsp3) is 0.562. The summed E-state index contributed by atoms with van der Waals surface area (Å²) >= 11 is 3.47. The highest BCUT2D eigenvalue weighted by molar-refractivity contribution is 9.10. The van der Waals surface area contributed by atoms with Gasteiger partial charge in [-0.2, -0.15) is 0 Å². The molecule has 1 heterocycles. The third kappa shape index (κ3) is 8.55. The van der Waals surface area contributed by atoms with E-state index >= 15 is 0 Å². The standard InChI is InChI=1S/C32H44BrN3O3/c1-32(18-22-36(24-37)23-25-11-13-27(33)14-12-25)16-20-35(21-17-32)19-15-29(28-9-5-6-10-30(28)39-2)34-31(38)26-7-3-4-8-26/h5-6,9-14,24,26,29H,3-4,7-8,15-23H2,1-2H3,(H,34,38). The van der Waals surface area contributed by atoms with E-state index in [0.29, 0.717) is 6.54 Å². The zero-order valence-electron chi connectivity index (χ0n) is 23.5. The Balaban J connectivity index is 1.28. The van der Waals surface area contributed by atoms with Gasteiger partial charge in [0.15, 0.2) is 0 Å². The lowest BCUT2D eigenvalue weighted by molar-refractivity contribution is -0.125. The van der Waals surface area contributed by atoms with Crippen LogP contribution in [-0.2, 0) is 16.1 Å². The van der Waals surface area contributed by atoms with Crippen LogP contribution >= 0.6 is 15.9 Å². The average molecular weight is 599 g/mol. The van der Waals surface area contributed by atoms with Crippen molar-refractivity contribution in [2.24, 2.45) is 11.3 Å². The summed E-state index contributed by atoms with van der Waals surface area (Å²) in [5.74, 6) is 1.17. The second-order valence-electron chi connectivity index (χ2n) is 11.7. The minimum atomic E-state index is -0.0534. The minimum Gasteiger partial charge on any atom is -0.496 e. The number of carbonyl (C=O) groups excluding carboxylic acids is 2. The molecule has 0 aromatic heterocycles. The van der Waals surface area contributed by atoms with Gasteiger partial charge in [-0.3, -0.25) is 9.59 Å². The first-order valence-corrected chi connectivity index (χ1v) is 15.3. The molecule has 1 aliphatic heterocycles. The van der Waals surface area contributed by atoms with Crippen LogP contribution in [0.15, 0.2) is 53.0 Å². The molecule has 2 aromatic rings. The summed E-state index contributed by atoms with van der Waals surface area (Å²) in [5, 5.41) is 3.38. The number of hydrogen-bond acceptors (Lipinski definition) is 4. The van der Waals surface area contributed by atoms with Crippen LogP contribution < -0.4 is 10.1 Å². The first-order valence-electron chi connectivity index (χ1n) is 14.5. The van der Waals surface area contributed by atoms with E-state index in [0.717, 1.165) is 105 Å². The van der Waals surface area contributed by atoms with E-state index in [2.05, 4.69) is 51.3 Å². The predicted molar refractivity (Wildman–Crippen MR) is 159 cm³/mol. The zero-order chi connectivity index (χ0) is 27.7. The highest BCUT2D eigenvalue weighted by Gasteiger charge is 2.31. The highest BCUT2D eigenvalue weighted by Crippen LogP contribution is 2.36. The number of methoxy groups -OCH3 is 1. The molecular formula is C32H44BrN3O3. The maximum Gasteiger partial charge on any atom is 0.223 e. The van der Waals surface area contributed by atoms with Crippen LogP contribution in [-0.4, -0.2) is 55.4 Å². The van der Waals surface area contributed by atoms with Crippen molar-refractivity contribution in [1.29, 1.82) is 0 Å². The molecule has 0 radical (unpaired) electrons. The lowest BCUT2D eigenvalue weighted by Crippen LogP contribution is -2.42. The number of piperidine rings is 1. The van der Waals surface area contributed by atoms with E-state index in [9.17, 15) is 9.59 Å². The Morgan fingerprint density at radius 2 is 1.85 bits per heavy atom. The Hall–Kier alpha value is -2.38. The number of para-hydroxylation sites is 1. The van der Waals surface area contributed by atoms with Gasteiger partial charge in [0.05, 0.1) is 13.2 Å². The van der Waals surface area contributed by atoms with Crippen molar-refractivity contribution >= 4 is 28.2 Å². The lowest BCUT2D eigenvalue weighted by atomic mass is 9.77. The van der Waals surface area contributed by atoms with Crippen LogP contribution in [0, 0.1) is 11.3 Å². The second-order valence-corrected chi connectivity index (χ2v) is 12.6. The van der Waals surface area contributed by atoms with Crippen LogP contribution in [0.4, 0.5) is 0 Å². The summed E-state index contributed by atoms with van der Waals surface area (Å²) in [6.07, 6.45) is 9.40. The summed E-state index contributed by atoms with van der Waals surface area (Å²) in [5.41, 5.74) is 2.44. The molecule has 1 aliphatic carbocycles. The molecule has 1 atom stereocenters. The molecule has 2 fully saturated rings. The van der Waals surface area contributed by atoms with E-state index in [1.165, 1.54) is 0 Å². The van der Waals surface area contributed by atoms with E-state index in [-0.39, 0.29) is 23.3 Å². The smallest absolute Gasteiger partial charge is 0.223 e. The van der Waals surface area contributed by atoms with Crippen molar-refractivity contribution in [3.8, 4) is 5.75 Å². The summed E-state index contributed by atoms with van der Waals surface area (Å²) in [4.78, 5) is 29.2. The molecular weight excluding hydrogens is 554 g/mol. The van der Waals surface area contributed by atoms with Gasteiger partial charge in [0.25, 0.3) is 0 Å². The quantitative estimate of drug-likeness (QED) is 0.273. The Kier molecular flexibility index (Phi) is 10.9. The van der Waals surface area contributed by atoms with Crippen LogP contribution in [0.1, 0.15) is 75.5 Å². The Labute approximate surface area is 242 Å². The van der Waals surface area contributed by atoms with Gasteiger partial charge in [-0.1, -0.05) is 66.0 Å². The Morgan fingerprint density at radius 3 is 2.51 bits per heavy atom. The van der Waals surface area contributed by atoms with Crippen LogP contribution in [0.3, 0.4) is 0 Å². The second kappa shape index (κ2) is 14.3. The normalized spacial score (nSPS) is 18.4. The van der Waals surface area contributed by atoms with Crippen molar-refractivity contribution in [3.63, 3.8) is 0 Å². The topological polar surface area (TPSA) is 61.9 Å². The van der Waals surface area contributed by atoms with Crippen molar-refractivity contribution in [2.75, 3.05) is 33.3 Å². The molecule has 0 bridgehead atoms. The van der Waals surface area contributed by atoms with Gasteiger partial charge in [-0.25, -0.2) is 0 Å². The summed E-state index contributed by atoms with van der Waals surface area (Å²) in [7, 11) is 1.70. The maximum absolute atomic E-state index is 13.1. The fourth-order valence-electron chi connectivity index (χ4n) is 6.02. The Morgan fingerprint density at radius 1 is 1.15 bits per heavy atom. The number of likely N-dealkylation sites (tertiary alicyclic amines) is 1. The van der Waals surface area contributed by atoms with Crippen molar-refractivity contribution in [1.82, 2.24) is 15.1 Å².